The predicted molar refractivity (Wildman–Crippen MR) is 80.9 cm³/mol. The molecule has 104 valence electrons. The Morgan fingerprint density at radius 1 is 1.25 bits per heavy atom. The standard InChI is InChI=1S/C17H20N2O/c1-2-17(7-9-18-10-8-17)16(20)15-12-19-11-13-5-3-4-6-14(13)15/h3-6,11-12,18H,2,7-10H2,1H3. The third-order valence-electron chi connectivity index (χ3n) is 4.63. The Morgan fingerprint density at radius 3 is 2.75 bits per heavy atom. The molecule has 1 saturated heterocycles. The number of pyridine rings is 1. The van der Waals surface area contributed by atoms with Gasteiger partial charge >= 0.3 is 0 Å². The fraction of sp³-hybridized carbons (Fsp3) is 0.412. The van der Waals surface area contributed by atoms with Crippen molar-refractivity contribution in [3.05, 3.63) is 42.2 Å². The number of hydrogen-bond donors (Lipinski definition) is 1. The molecule has 1 aromatic heterocycles. The molecule has 3 nitrogen and oxygen atoms in total. The lowest BCUT2D eigenvalue weighted by Crippen LogP contribution is -2.41. The molecule has 0 spiro atoms. The summed E-state index contributed by atoms with van der Waals surface area (Å²) in [6, 6.07) is 8.01. The maximum absolute atomic E-state index is 13.1. The minimum absolute atomic E-state index is 0.211. The molecule has 1 aliphatic heterocycles. The molecular formula is C17H20N2O. The van der Waals surface area contributed by atoms with Gasteiger partial charge in [-0.1, -0.05) is 31.2 Å². The van der Waals surface area contributed by atoms with Crippen molar-refractivity contribution in [1.82, 2.24) is 10.3 Å². The number of piperidine rings is 1. The molecule has 1 aromatic carbocycles. The first-order chi connectivity index (χ1) is 9.77. The van der Waals surface area contributed by atoms with Crippen LogP contribution in [0.4, 0.5) is 0 Å². The van der Waals surface area contributed by atoms with E-state index >= 15 is 0 Å². The van der Waals surface area contributed by atoms with Crippen molar-refractivity contribution in [2.75, 3.05) is 13.1 Å². The van der Waals surface area contributed by atoms with Gasteiger partial charge in [0.05, 0.1) is 0 Å². The highest BCUT2D eigenvalue weighted by atomic mass is 16.1. The first kappa shape index (κ1) is 13.3. The third-order valence-corrected chi connectivity index (χ3v) is 4.63. The first-order valence-corrected chi connectivity index (χ1v) is 7.35. The highest BCUT2D eigenvalue weighted by Crippen LogP contribution is 2.37. The van der Waals surface area contributed by atoms with Crippen LogP contribution in [0.25, 0.3) is 10.8 Å². The molecule has 3 heteroatoms. The summed E-state index contributed by atoms with van der Waals surface area (Å²) in [5.74, 6) is 0.269. The Bertz CT molecular complexity index is 624. The van der Waals surface area contributed by atoms with E-state index in [0.717, 1.165) is 48.7 Å². The minimum atomic E-state index is -0.211. The van der Waals surface area contributed by atoms with Gasteiger partial charge in [-0.3, -0.25) is 9.78 Å². The molecule has 0 radical (unpaired) electrons. The van der Waals surface area contributed by atoms with Gasteiger partial charge in [-0.05, 0) is 37.7 Å². The van der Waals surface area contributed by atoms with Crippen LogP contribution in [0.2, 0.25) is 0 Å². The zero-order valence-electron chi connectivity index (χ0n) is 11.9. The van der Waals surface area contributed by atoms with Crippen molar-refractivity contribution in [3.8, 4) is 0 Å². The average molecular weight is 268 g/mol. The number of rotatable bonds is 3. The number of carbonyl (C=O) groups excluding carboxylic acids is 1. The summed E-state index contributed by atoms with van der Waals surface area (Å²) < 4.78 is 0. The molecule has 0 amide bonds. The molecule has 20 heavy (non-hydrogen) atoms. The number of hydrogen-bond acceptors (Lipinski definition) is 3. The topological polar surface area (TPSA) is 42.0 Å². The SMILES string of the molecule is CCC1(C(=O)c2cncc3ccccc23)CCNCC1. The number of aromatic nitrogens is 1. The van der Waals surface area contributed by atoms with E-state index in [4.69, 9.17) is 0 Å². The van der Waals surface area contributed by atoms with Crippen LogP contribution in [0.15, 0.2) is 36.7 Å². The molecule has 0 atom stereocenters. The van der Waals surface area contributed by atoms with Crippen molar-refractivity contribution in [2.45, 2.75) is 26.2 Å². The van der Waals surface area contributed by atoms with E-state index in [-0.39, 0.29) is 11.2 Å². The smallest absolute Gasteiger partial charge is 0.171 e. The highest BCUT2D eigenvalue weighted by molar-refractivity contribution is 6.10. The van der Waals surface area contributed by atoms with Gasteiger partial charge in [0.1, 0.15) is 0 Å². The third kappa shape index (κ3) is 2.12. The molecule has 3 rings (SSSR count). The van der Waals surface area contributed by atoms with Gasteiger partial charge in [0.15, 0.2) is 5.78 Å². The summed E-state index contributed by atoms with van der Waals surface area (Å²) in [4.78, 5) is 17.4. The number of ketones is 1. The van der Waals surface area contributed by atoms with E-state index in [1.54, 1.807) is 6.20 Å². The van der Waals surface area contributed by atoms with Gasteiger partial charge in [0.25, 0.3) is 0 Å². The molecule has 1 fully saturated rings. The quantitative estimate of drug-likeness (QED) is 0.869. The molecule has 1 N–H and O–H groups in total. The molecule has 2 heterocycles. The average Bonchev–Trinajstić information content (AvgIpc) is 2.54. The van der Waals surface area contributed by atoms with E-state index in [2.05, 4.69) is 17.2 Å². The number of nitrogens with zero attached hydrogens (tertiary/aromatic N) is 1. The summed E-state index contributed by atoms with van der Waals surface area (Å²) in [6.07, 6.45) is 6.31. The fourth-order valence-corrected chi connectivity index (χ4v) is 3.23. The van der Waals surface area contributed by atoms with Gasteiger partial charge in [0.2, 0.25) is 0 Å². The van der Waals surface area contributed by atoms with Crippen LogP contribution in [0, 0.1) is 5.41 Å². The van der Waals surface area contributed by atoms with Gasteiger partial charge in [-0.15, -0.1) is 0 Å². The van der Waals surface area contributed by atoms with Crippen molar-refractivity contribution in [3.63, 3.8) is 0 Å². The van der Waals surface area contributed by atoms with Crippen molar-refractivity contribution in [1.29, 1.82) is 0 Å². The number of nitrogens with one attached hydrogen (secondary N) is 1. The molecule has 0 aliphatic carbocycles. The van der Waals surface area contributed by atoms with Crippen LogP contribution >= 0.6 is 0 Å². The van der Waals surface area contributed by atoms with Crippen LogP contribution in [0.5, 0.6) is 0 Å². The molecule has 0 bridgehead atoms. The first-order valence-electron chi connectivity index (χ1n) is 7.35. The maximum atomic E-state index is 13.1. The summed E-state index contributed by atoms with van der Waals surface area (Å²) in [6.45, 7) is 3.98. The van der Waals surface area contributed by atoms with E-state index < -0.39 is 0 Å². The van der Waals surface area contributed by atoms with Gasteiger partial charge in [-0.2, -0.15) is 0 Å². The van der Waals surface area contributed by atoms with Crippen LogP contribution in [-0.2, 0) is 0 Å². The molecule has 1 aliphatic rings. The number of Topliss-reactive ketones (excluding diaryl/α,β-unsaturated/α-hetero) is 1. The van der Waals surface area contributed by atoms with Crippen molar-refractivity contribution in [2.24, 2.45) is 5.41 Å². The van der Waals surface area contributed by atoms with Crippen LogP contribution in [0.3, 0.4) is 0 Å². The van der Waals surface area contributed by atoms with E-state index in [9.17, 15) is 4.79 Å². The normalized spacial score (nSPS) is 18.1. The Morgan fingerprint density at radius 2 is 2.00 bits per heavy atom. The summed E-state index contributed by atoms with van der Waals surface area (Å²) >= 11 is 0. The lowest BCUT2D eigenvalue weighted by molar-refractivity contribution is 0.0719. The second kappa shape index (κ2) is 5.33. The largest absolute Gasteiger partial charge is 0.317 e. The lowest BCUT2D eigenvalue weighted by Gasteiger charge is -2.35. The highest BCUT2D eigenvalue weighted by Gasteiger charge is 2.38. The Labute approximate surface area is 119 Å². The molecule has 0 unspecified atom stereocenters. The second-order valence-corrected chi connectivity index (χ2v) is 5.62. The summed E-state index contributed by atoms with van der Waals surface area (Å²) in [5, 5.41) is 5.42. The fourth-order valence-electron chi connectivity index (χ4n) is 3.23. The predicted octanol–water partition coefficient (Wildman–Crippen LogP) is 3.20. The zero-order chi connectivity index (χ0) is 14.0. The van der Waals surface area contributed by atoms with Crippen LogP contribution in [0.1, 0.15) is 36.5 Å². The Kier molecular flexibility index (Phi) is 3.53. The van der Waals surface area contributed by atoms with Gasteiger partial charge < -0.3 is 5.32 Å². The van der Waals surface area contributed by atoms with E-state index in [0.29, 0.717) is 0 Å². The number of benzene rings is 1. The molecule has 2 aromatic rings. The number of fused-ring (bicyclic) bond motifs is 1. The molecular weight excluding hydrogens is 248 g/mol. The van der Waals surface area contributed by atoms with E-state index in [1.165, 1.54) is 0 Å². The monoisotopic (exact) mass is 268 g/mol. The Balaban J connectivity index is 2.08. The summed E-state index contributed by atoms with van der Waals surface area (Å²) in [7, 11) is 0. The summed E-state index contributed by atoms with van der Waals surface area (Å²) in [5.41, 5.74) is 0.573. The van der Waals surface area contributed by atoms with Crippen LogP contribution < -0.4 is 5.32 Å². The zero-order valence-corrected chi connectivity index (χ0v) is 11.9. The lowest BCUT2D eigenvalue weighted by atomic mass is 9.71. The van der Waals surface area contributed by atoms with Gasteiger partial charge in [0, 0.05) is 28.8 Å². The van der Waals surface area contributed by atoms with Crippen molar-refractivity contribution >= 4 is 16.6 Å². The second-order valence-electron chi connectivity index (χ2n) is 5.62. The maximum Gasteiger partial charge on any atom is 0.171 e. The van der Waals surface area contributed by atoms with Crippen LogP contribution in [-0.4, -0.2) is 23.9 Å². The minimum Gasteiger partial charge on any atom is -0.317 e. The molecule has 0 saturated carbocycles. The Hall–Kier alpha value is -1.74. The van der Waals surface area contributed by atoms with Gasteiger partial charge in [-0.25, -0.2) is 0 Å². The van der Waals surface area contributed by atoms with Crippen molar-refractivity contribution < 1.29 is 4.79 Å². The number of carbonyl (C=O) groups is 1. The van der Waals surface area contributed by atoms with E-state index in [1.807, 2.05) is 30.5 Å².